The zero-order valence-electron chi connectivity index (χ0n) is 10.8. The number of nitrogens with zero attached hydrogens (tertiary/aromatic N) is 1. The Morgan fingerprint density at radius 1 is 1.39 bits per heavy atom. The zero-order valence-corrected chi connectivity index (χ0v) is 12.5. The third-order valence-corrected chi connectivity index (χ3v) is 2.64. The average molecular weight is 294 g/mol. The van der Waals surface area contributed by atoms with Gasteiger partial charge in [-0.05, 0) is 25.5 Å². The summed E-state index contributed by atoms with van der Waals surface area (Å²) in [6.07, 6.45) is 1.77. The maximum absolute atomic E-state index is 11.6. The zero-order chi connectivity index (χ0) is 12.1. The van der Waals surface area contributed by atoms with Gasteiger partial charge in [-0.15, -0.1) is 24.8 Å². The molecule has 0 saturated carbocycles. The molecule has 0 saturated heterocycles. The lowest BCUT2D eigenvalue weighted by Crippen LogP contribution is -2.38. The minimum absolute atomic E-state index is 0. The van der Waals surface area contributed by atoms with Crippen molar-refractivity contribution in [2.75, 3.05) is 0 Å². The lowest BCUT2D eigenvalue weighted by atomic mass is 10.0. The number of hydrogen-bond donors (Lipinski definition) is 2. The highest BCUT2D eigenvalue weighted by molar-refractivity contribution is 5.85. The van der Waals surface area contributed by atoms with Gasteiger partial charge < -0.3 is 11.1 Å². The molecule has 0 aliphatic rings. The second-order valence-electron chi connectivity index (χ2n) is 4.17. The van der Waals surface area contributed by atoms with E-state index in [2.05, 4.69) is 10.3 Å². The number of nitrogens with one attached hydrogen (secondary N) is 1. The van der Waals surface area contributed by atoms with E-state index in [9.17, 15) is 4.79 Å². The largest absolute Gasteiger partial charge is 0.352 e. The highest BCUT2D eigenvalue weighted by atomic mass is 35.5. The molecule has 18 heavy (non-hydrogen) atoms. The van der Waals surface area contributed by atoms with Gasteiger partial charge in [0.15, 0.2) is 0 Å². The second kappa shape index (κ2) is 9.14. The maximum Gasteiger partial charge on any atom is 0.224 e. The fraction of sp³-hybridized carbons (Fsp3) is 0.500. The quantitative estimate of drug-likeness (QED) is 0.890. The molecule has 0 aromatic carbocycles. The van der Waals surface area contributed by atoms with Crippen LogP contribution in [-0.2, 0) is 11.3 Å². The van der Waals surface area contributed by atoms with Crippen molar-refractivity contribution in [3.8, 4) is 0 Å². The van der Waals surface area contributed by atoms with Crippen LogP contribution in [0, 0.1) is 12.8 Å². The summed E-state index contributed by atoms with van der Waals surface area (Å²) in [7, 11) is 0. The first-order valence-electron chi connectivity index (χ1n) is 5.45. The number of aromatic nitrogens is 1. The first-order chi connectivity index (χ1) is 7.50. The minimum Gasteiger partial charge on any atom is -0.352 e. The van der Waals surface area contributed by atoms with Crippen molar-refractivity contribution in [3.05, 3.63) is 29.6 Å². The molecule has 3 N–H and O–H groups in total. The summed E-state index contributed by atoms with van der Waals surface area (Å²) in [5.74, 6) is -0.186. The monoisotopic (exact) mass is 293 g/mol. The average Bonchev–Trinajstić information content (AvgIpc) is 2.26. The molecule has 1 amide bonds. The summed E-state index contributed by atoms with van der Waals surface area (Å²) in [6.45, 7) is 6.09. The molecule has 0 radical (unpaired) electrons. The van der Waals surface area contributed by atoms with E-state index >= 15 is 0 Å². The predicted octanol–water partition coefficient (Wildman–Crippen LogP) is 1.83. The van der Waals surface area contributed by atoms with Crippen molar-refractivity contribution < 1.29 is 4.79 Å². The Morgan fingerprint density at radius 2 is 2.00 bits per heavy atom. The smallest absolute Gasteiger partial charge is 0.224 e. The number of halogens is 2. The lowest BCUT2D eigenvalue weighted by Gasteiger charge is -2.15. The fourth-order valence-electron chi connectivity index (χ4n) is 1.19. The van der Waals surface area contributed by atoms with Crippen LogP contribution in [0.2, 0.25) is 0 Å². The van der Waals surface area contributed by atoms with Gasteiger partial charge in [-0.25, -0.2) is 0 Å². The van der Waals surface area contributed by atoms with Gasteiger partial charge in [-0.3, -0.25) is 9.78 Å². The standard InChI is InChI=1S/C12H19N3O.2ClH/c1-8-4-5-11(6-14-8)7-15-12(16)9(2)10(3)13;;/h4-6,9-10H,7,13H2,1-3H3,(H,15,16);2*1H. The third-order valence-electron chi connectivity index (χ3n) is 2.64. The van der Waals surface area contributed by atoms with Gasteiger partial charge in [0.2, 0.25) is 5.91 Å². The summed E-state index contributed by atoms with van der Waals surface area (Å²) >= 11 is 0. The summed E-state index contributed by atoms with van der Waals surface area (Å²) in [5, 5.41) is 2.84. The van der Waals surface area contributed by atoms with Gasteiger partial charge in [0.25, 0.3) is 0 Å². The van der Waals surface area contributed by atoms with Gasteiger partial charge in [0.1, 0.15) is 0 Å². The number of aryl methyl sites for hydroxylation is 1. The normalized spacial score (nSPS) is 12.7. The van der Waals surface area contributed by atoms with E-state index in [1.165, 1.54) is 0 Å². The van der Waals surface area contributed by atoms with E-state index in [-0.39, 0.29) is 42.7 Å². The van der Waals surface area contributed by atoms with Crippen LogP contribution in [0.3, 0.4) is 0 Å². The van der Waals surface area contributed by atoms with E-state index in [4.69, 9.17) is 5.73 Å². The second-order valence-corrected chi connectivity index (χ2v) is 4.17. The highest BCUT2D eigenvalue weighted by Crippen LogP contribution is 2.02. The van der Waals surface area contributed by atoms with Gasteiger partial charge in [-0.1, -0.05) is 13.0 Å². The molecule has 2 unspecified atom stereocenters. The van der Waals surface area contributed by atoms with Gasteiger partial charge in [0, 0.05) is 30.4 Å². The molecule has 2 atom stereocenters. The SMILES string of the molecule is Cc1ccc(CNC(=O)C(C)C(C)N)cn1.Cl.Cl. The number of hydrogen-bond acceptors (Lipinski definition) is 3. The summed E-state index contributed by atoms with van der Waals surface area (Å²) < 4.78 is 0. The Hall–Kier alpha value is -0.840. The number of pyridine rings is 1. The molecule has 1 rings (SSSR count). The van der Waals surface area contributed by atoms with Crippen molar-refractivity contribution >= 4 is 30.7 Å². The van der Waals surface area contributed by atoms with E-state index in [1.54, 1.807) is 6.20 Å². The summed E-state index contributed by atoms with van der Waals surface area (Å²) in [4.78, 5) is 15.8. The van der Waals surface area contributed by atoms with Crippen LogP contribution < -0.4 is 11.1 Å². The lowest BCUT2D eigenvalue weighted by molar-refractivity contribution is -0.125. The molecule has 6 heteroatoms. The highest BCUT2D eigenvalue weighted by Gasteiger charge is 2.16. The molecule has 0 fully saturated rings. The third kappa shape index (κ3) is 6.19. The molecule has 104 valence electrons. The van der Waals surface area contributed by atoms with Crippen LogP contribution in [0.5, 0.6) is 0 Å². The number of rotatable bonds is 4. The maximum atomic E-state index is 11.6. The Labute approximate surface area is 121 Å². The Bertz CT molecular complexity index is 355. The van der Waals surface area contributed by atoms with Crippen LogP contribution in [0.1, 0.15) is 25.1 Å². The Balaban J connectivity index is 0. The van der Waals surface area contributed by atoms with Crippen molar-refractivity contribution in [1.29, 1.82) is 0 Å². The molecular formula is C12H21Cl2N3O. The molecule has 1 aromatic heterocycles. The van der Waals surface area contributed by atoms with Crippen LogP contribution >= 0.6 is 24.8 Å². The van der Waals surface area contributed by atoms with E-state index in [0.29, 0.717) is 6.54 Å². The topological polar surface area (TPSA) is 68.0 Å². The molecule has 1 heterocycles. The van der Waals surface area contributed by atoms with Gasteiger partial charge in [0.05, 0.1) is 0 Å². The molecular weight excluding hydrogens is 273 g/mol. The predicted molar refractivity (Wildman–Crippen MR) is 78.1 cm³/mol. The number of nitrogens with two attached hydrogens (primary N) is 1. The van der Waals surface area contributed by atoms with Crippen LogP contribution in [-0.4, -0.2) is 16.9 Å². The Kier molecular flexibility index (Phi) is 9.90. The molecule has 0 aliphatic heterocycles. The van der Waals surface area contributed by atoms with E-state index in [1.807, 2.05) is 32.9 Å². The van der Waals surface area contributed by atoms with E-state index in [0.717, 1.165) is 11.3 Å². The van der Waals surface area contributed by atoms with Crippen molar-refractivity contribution in [2.45, 2.75) is 33.4 Å². The molecule has 0 bridgehead atoms. The number of carbonyl (C=O) groups excluding carboxylic acids is 1. The molecule has 0 aliphatic carbocycles. The number of amides is 1. The van der Waals surface area contributed by atoms with Crippen molar-refractivity contribution in [3.63, 3.8) is 0 Å². The molecule has 1 aromatic rings. The summed E-state index contributed by atoms with van der Waals surface area (Å²) in [6, 6.07) is 3.76. The minimum atomic E-state index is -0.168. The summed E-state index contributed by atoms with van der Waals surface area (Å²) in [5.41, 5.74) is 7.62. The van der Waals surface area contributed by atoms with Gasteiger partial charge in [-0.2, -0.15) is 0 Å². The fourth-order valence-corrected chi connectivity index (χ4v) is 1.19. The number of carbonyl (C=O) groups is 1. The molecule has 0 spiro atoms. The van der Waals surface area contributed by atoms with Gasteiger partial charge >= 0.3 is 0 Å². The first-order valence-corrected chi connectivity index (χ1v) is 5.45. The van der Waals surface area contributed by atoms with Crippen molar-refractivity contribution in [2.24, 2.45) is 11.7 Å². The van der Waals surface area contributed by atoms with Crippen LogP contribution in [0.25, 0.3) is 0 Å². The first kappa shape index (κ1) is 19.5. The van der Waals surface area contributed by atoms with Crippen LogP contribution in [0.15, 0.2) is 18.3 Å². The van der Waals surface area contributed by atoms with Crippen LogP contribution in [0.4, 0.5) is 0 Å². The van der Waals surface area contributed by atoms with E-state index < -0.39 is 0 Å². The molecule has 4 nitrogen and oxygen atoms in total. The van der Waals surface area contributed by atoms with Crippen molar-refractivity contribution in [1.82, 2.24) is 10.3 Å². The Morgan fingerprint density at radius 3 is 2.44 bits per heavy atom.